The first-order valence-corrected chi connectivity index (χ1v) is 17.0. The fraction of sp³-hybridized carbons (Fsp3) is 0.486. The Hall–Kier alpha value is -3.06. The van der Waals surface area contributed by atoms with Crippen LogP contribution in [-0.4, -0.2) is 65.3 Å². The van der Waals surface area contributed by atoms with Gasteiger partial charge in [-0.3, -0.25) is 4.90 Å². The maximum absolute atomic E-state index is 6.52. The van der Waals surface area contributed by atoms with Crippen molar-refractivity contribution in [2.75, 3.05) is 45.9 Å². The summed E-state index contributed by atoms with van der Waals surface area (Å²) >= 11 is 6.02. The number of unbranched alkanes of at least 4 members (excludes halogenated alkanes) is 1. The zero-order valence-electron chi connectivity index (χ0n) is 27.4. The van der Waals surface area contributed by atoms with E-state index in [0.29, 0.717) is 13.2 Å². The topological polar surface area (TPSA) is 42.8 Å². The standard InChI is InChI=1S/C37H51ClN4O2/c1-6-11-23-42-35-27-36(44-24-12-22-40(7-2)8-3)31(28-41(9-4)10-5)26-34(35)39-37(42)30-15-19-33(20-16-30)43-25-21-29-13-17-32(38)18-14-29/h13-20,26-27H,6-12,21-25,28H2,1-5H3. The first kappa shape index (κ1) is 33.8. The predicted molar refractivity (Wildman–Crippen MR) is 185 cm³/mol. The SMILES string of the molecule is CCCCn1c(-c2ccc(OCCc3ccc(Cl)cc3)cc2)nc2cc(CN(CC)CC)c(OCCCN(CC)CC)cc21. The molecule has 3 aromatic carbocycles. The number of aryl methyl sites for hydroxylation is 1. The van der Waals surface area contributed by atoms with Gasteiger partial charge in [-0.2, -0.15) is 0 Å². The van der Waals surface area contributed by atoms with Crippen LogP contribution >= 0.6 is 11.6 Å². The lowest BCUT2D eigenvalue weighted by Crippen LogP contribution is -2.25. The number of halogens is 1. The van der Waals surface area contributed by atoms with E-state index in [2.05, 4.69) is 85.4 Å². The van der Waals surface area contributed by atoms with Crippen molar-refractivity contribution in [1.29, 1.82) is 0 Å². The molecule has 0 aliphatic heterocycles. The van der Waals surface area contributed by atoms with Crippen molar-refractivity contribution in [2.24, 2.45) is 0 Å². The predicted octanol–water partition coefficient (Wildman–Crippen LogP) is 8.73. The fourth-order valence-electron chi connectivity index (χ4n) is 5.55. The number of imidazole rings is 1. The zero-order valence-corrected chi connectivity index (χ0v) is 28.2. The number of nitrogens with zero attached hydrogens (tertiary/aromatic N) is 4. The van der Waals surface area contributed by atoms with E-state index in [1.165, 1.54) is 11.1 Å². The molecule has 0 unspecified atom stereocenters. The summed E-state index contributed by atoms with van der Waals surface area (Å²) in [7, 11) is 0. The van der Waals surface area contributed by atoms with Crippen molar-refractivity contribution in [1.82, 2.24) is 19.4 Å². The lowest BCUT2D eigenvalue weighted by molar-refractivity contribution is 0.243. The maximum Gasteiger partial charge on any atom is 0.141 e. The summed E-state index contributed by atoms with van der Waals surface area (Å²) < 4.78 is 15.0. The van der Waals surface area contributed by atoms with Gasteiger partial charge >= 0.3 is 0 Å². The molecule has 0 aliphatic carbocycles. The molecule has 7 heteroatoms. The molecule has 0 saturated carbocycles. The van der Waals surface area contributed by atoms with Gasteiger partial charge in [0.15, 0.2) is 0 Å². The van der Waals surface area contributed by atoms with Gasteiger partial charge in [0.25, 0.3) is 0 Å². The lowest BCUT2D eigenvalue weighted by Gasteiger charge is -2.21. The monoisotopic (exact) mass is 618 g/mol. The van der Waals surface area contributed by atoms with Crippen molar-refractivity contribution >= 4 is 22.6 Å². The summed E-state index contributed by atoms with van der Waals surface area (Å²) in [6.45, 7) is 19.4. The van der Waals surface area contributed by atoms with E-state index in [-0.39, 0.29) is 0 Å². The van der Waals surface area contributed by atoms with Crippen molar-refractivity contribution < 1.29 is 9.47 Å². The van der Waals surface area contributed by atoms with Crippen molar-refractivity contribution in [2.45, 2.75) is 73.4 Å². The van der Waals surface area contributed by atoms with Crippen LogP contribution in [0.1, 0.15) is 65.0 Å². The van der Waals surface area contributed by atoms with Crippen LogP contribution in [0.2, 0.25) is 5.02 Å². The minimum Gasteiger partial charge on any atom is -0.493 e. The van der Waals surface area contributed by atoms with Crippen LogP contribution < -0.4 is 9.47 Å². The van der Waals surface area contributed by atoms with Crippen LogP contribution in [-0.2, 0) is 19.5 Å². The van der Waals surface area contributed by atoms with E-state index in [0.717, 1.165) is 110 Å². The largest absolute Gasteiger partial charge is 0.493 e. The fourth-order valence-corrected chi connectivity index (χ4v) is 5.68. The Labute approximate surface area is 269 Å². The van der Waals surface area contributed by atoms with Gasteiger partial charge in [0.1, 0.15) is 17.3 Å². The number of ether oxygens (including phenoxy) is 2. The molecule has 0 amide bonds. The molecule has 0 fully saturated rings. The Kier molecular flexibility index (Phi) is 13.4. The molecule has 238 valence electrons. The highest BCUT2D eigenvalue weighted by atomic mass is 35.5. The summed E-state index contributed by atoms with van der Waals surface area (Å²) in [6.07, 6.45) is 4.06. The van der Waals surface area contributed by atoms with E-state index in [9.17, 15) is 0 Å². The molecule has 6 nitrogen and oxygen atoms in total. The molecule has 1 aromatic heterocycles. The zero-order chi connectivity index (χ0) is 31.3. The highest BCUT2D eigenvalue weighted by Crippen LogP contribution is 2.32. The third-order valence-corrected chi connectivity index (χ3v) is 8.66. The van der Waals surface area contributed by atoms with Gasteiger partial charge in [-0.05, 0) is 87.0 Å². The number of benzene rings is 3. The van der Waals surface area contributed by atoms with Gasteiger partial charge in [-0.1, -0.05) is 64.8 Å². The number of rotatable bonds is 19. The van der Waals surface area contributed by atoms with E-state index in [1.807, 2.05) is 24.3 Å². The van der Waals surface area contributed by atoms with Gasteiger partial charge < -0.3 is 18.9 Å². The molecule has 1 heterocycles. The van der Waals surface area contributed by atoms with Crippen LogP contribution in [0.15, 0.2) is 60.7 Å². The Morgan fingerprint density at radius 2 is 1.48 bits per heavy atom. The van der Waals surface area contributed by atoms with E-state index >= 15 is 0 Å². The maximum atomic E-state index is 6.52. The first-order chi connectivity index (χ1) is 21.5. The quantitative estimate of drug-likeness (QED) is 0.0983. The summed E-state index contributed by atoms with van der Waals surface area (Å²) in [5.41, 5.74) is 5.67. The minimum absolute atomic E-state index is 0.614. The molecule has 0 radical (unpaired) electrons. The molecule has 44 heavy (non-hydrogen) atoms. The third kappa shape index (κ3) is 9.23. The van der Waals surface area contributed by atoms with Crippen molar-refractivity contribution in [3.63, 3.8) is 0 Å². The molecule has 0 N–H and O–H groups in total. The molecule has 0 saturated heterocycles. The summed E-state index contributed by atoms with van der Waals surface area (Å²) in [6, 6.07) is 20.8. The highest BCUT2D eigenvalue weighted by Gasteiger charge is 2.18. The second-order valence-corrected chi connectivity index (χ2v) is 11.8. The average Bonchev–Trinajstić information content (AvgIpc) is 3.40. The number of hydrogen-bond donors (Lipinski definition) is 0. The first-order valence-electron chi connectivity index (χ1n) is 16.6. The number of hydrogen-bond acceptors (Lipinski definition) is 5. The number of fused-ring (bicyclic) bond motifs is 1. The molecule has 0 spiro atoms. The highest BCUT2D eigenvalue weighted by molar-refractivity contribution is 6.30. The van der Waals surface area contributed by atoms with Crippen LogP contribution in [0, 0.1) is 0 Å². The Morgan fingerprint density at radius 1 is 0.773 bits per heavy atom. The average molecular weight is 619 g/mol. The van der Waals surface area contributed by atoms with Gasteiger partial charge in [-0.15, -0.1) is 0 Å². The molecule has 0 bridgehead atoms. The van der Waals surface area contributed by atoms with Crippen molar-refractivity contribution in [3.05, 3.63) is 76.8 Å². The molecule has 0 atom stereocenters. The van der Waals surface area contributed by atoms with Crippen LogP contribution in [0.5, 0.6) is 11.5 Å². The molecule has 4 rings (SSSR count). The molecule has 4 aromatic rings. The smallest absolute Gasteiger partial charge is 0.141 e. The molecular weight excluding hydrogens is 568 g/mol. The van der Waals surface area contributed by atoms with Gasteiger partial charge in [0.05, 0.1) is 24.2 Å². The van der Waals surface area contributed by atoms with E-state index in [1.54, 1.807) is 0 Å². The van der Waals surface area contributed by atoms with E-state index in [4.69, 9.17) is 26.1 Å². The van der Waals surface area contributed by atoms with Crippen molar-refractivity contribution in [3.8, 4) is 22.9 Å². The Morgan fingerprint density at radius 3 is 2.14 bits per heavy atom. The van der Waals surface area contributed by atoms with Crippen LogP contribution in [0.25, 0.3) is 22.4 Å². The number of aromatic nitrogens is 2. The Balaban J connectivity index is 1.58. The second kappa shape index (κ2) is 17.4. The van der Waals surface area contributed by atoms with Gasteiger partial charge in [0.2, 0.25) is 0 Å². The second-order valence-electron chi connectivity index (χ2n) is 11.3. The van der Waals surface area contributed by atoms with Gasteiger partial charge in [0, 0.05) is 48.3 Å². The van der Waals surface area contributed by atoms with Crippen LogP contribution in [0.4, 0.5) is 0 Å². The molecular formula is C37H51ClN4O2. The lowest BCUT2D eigenvalue weighted by atomic mass is 10.1. The molecule has 0 aliphatic rings. The third-order valence-electron chi connectivity index (χ3n) is 8.41. The van der Waals surface area contributed by atoms with Gasteiger partial charge in [-0.25, -0.2) is 4.98 Å². The summed E-state index contributed by atoms with van der Waals surface area (Å²) in [5.74, 6) is 2.84. The summed E-state index contributed by atoms with van der Waals surface area (Å²) in [4.78, 5) is 10.1. The Bertz CT molecular complexity index is 1410. The van der Waals surface area contributed by atoms with E-state index < -0.39 is 0 Å². The summed E-state index contributed by atoms with van der Waals surface area (Å²) in [5, 5.41) is 0.755. The minimum atomic E-state index is 0.614. The van der Waals surface area contributed by atoms with Crippen LogP contribution in [0.3, 0.4) is 0 Å². The normalized spacial score (nSPS) is 11.6.